The molecule has 0 amide bonds. The van der Waals surface area contributed by atoms with E-state index in [4.69, 9.17) is 0 Å². The Hall–Kier alpha value is -1.70. The number of halogens is 1. The molecule has 1 aliphatic heterocycles. The number of carbonyl (C=O) groups is 1. The van der Waals surface area contributed by atoms with Crippen LogP contribution in [0.4, 0.5) is 5.69 Å². The van der Waals surface area contributed by atoms with E-state index in [0.717, 1.165) is 11.8 Å². The molecule has 0 aromatic heterocycles. The van der Waals surface area contributed by atoms with Gasteiger partial charge in [-0.2, -0.15) is 0 Å². The Labute approximate surface area is 156 Å². The summed E-state index contributed by atoms with van der Waals surface area (Å²) in [6.45, 7) is 0.622. The molecule has 2 aromatic rings. The fourth-order valence-electron chi connectivity index (χ4n) is 3.08. The van der Waals surface area contributed by atoms with Crippen LogP contribution in [-0.2, 0) is 14.8 Å². The maximum Gasteiger partial charge on any atom is 0.264 e. The molecule has 2 aromatic carbocycles. The standard InChI is InChI=1S/C18H19BrN2O3S/c1-21-16-7-3-2-6-14(16)18(20-10-4-5-11-22)15-9-8-13(19)12-17(15)25(21,23)24/h2-3,6-9,11-12,18,20H,4-5,10H2,1H3. The Bertz CT molecular complexity index is 899. The maximum atomic E-state index is 13.1. The molecule has 7 heteroatoms. The van der Waals surface area contributed by atoms with E-state index in [0.29, 0.717) is 35.1 Å². The van der Waals surface area contributed by atoms with Gasteiger partial charge in [-0.1, -0.05) is 40.2 Å². The molecule has 25 heavy (non-hydrogen) atoms. The van der Waals surface area contributed by atoms with Gasteiger partial charge < -0.3 is 10.1 Å². The Morgan fingerprint density at radius 3 is 2.72 bits per heavy atom. The number of para-hydroxylation sites is 1. The van der Waals surface area contributed by atoms with Crippen LogP contribution >= 0.6 is 15.9 Å². The number of aldehydes is 1. The number of hydrogen-bond acceptors (Lipinski definition) is 4. The third-order valence-corrected chi connectivity index (χ3v) is 6.68. The van der Waals surface area contributed by atoms with Crippen molar-refractivity contribution in [2.75, 3.05) is 17.9 Å². The Kier molecular flexibility index (Phi) is 5.27. The van der Waals surface area contributed by atoms with Gasteiger partial charge in [-0.3, -0.25) is 4.31 Å². The summed E-state index contributed by atoms with van der Waals surface area (Å²) in [5.41, 5.74) is 2.27. The van der Waals surface area contributed by atoms with Gasteiger partial charge in [0.1, 0.15) is 6.29 Å². The van der Waals surface area contributed by atoms with Crippen LogP contribution in [-0.4, -0.2) is 28.3 Å². The van der Waals surface area contributed by atoms with Gasteiger partial charge in [-0.15, -0.1) is 0 Å². The molecule has 0 saturated heterocycles. The lowest BCUT2D eigenvalue weighted by atomic mass is 9.97. The van der Waals surface area contributed by atoms with Crippen molar-refractivity contribution in [2.24, 2.45) is 0 Å². The number of hydrogen-bond donors (Lipinski definition) is 1. The lowest BCUT2D eigenvalue weighted by molar-refractivity contribution is -0.107. The van der Waals surface area contributed by atoms with E-state index >= 15 is 0 Å². The minimum Gasteiger partial charge on any atom is -0.306 e. The van der Waals surface area contributed by atoms with Gasteiger partial charge in [0.25, 0.3) is 10.0 Å². The summed E-state index contributed by atoms with van der Waals surface area (Å²) in [6.07, 6.45) is 2.08. The number of carbonyl (C=O) groups excluding carboxylic acids is 1. The summed E-state index contributed by atoms with van der Waals surface area (Å²) in [5.74, 6) is 0. The van der Waals surface area contributed by atoms with Crippen molar-refractivity contribution in [1.82, 2.24) is 5.32 Å². The summed E-state index contributed by atoms with van der Waals surface area (Å²) in [5, 5.41) is 3.42. The first kappa shape index (κ1) is 18.1. The molecule has 0 fully saturated rings. The van der Waals surface area contributed by atoms with Crippen LogP contribution in [0.1, 0.15) is 30.0 Å². The molecule has 1 aliphatic rings. The van der Waals surface area contributed by atoms with Gasteiger partial charge in [-0.25, -0.2) is 8.42 Å². The lowest BCUT2D eigenvalue weighted by Gasteiger charge is -2.22. The van der Waals surface area contributed by atoms with E-state index in [9.17, 15) is 13.2 Å². The van der Waals surface area contributed by atoms with Crippen molar-refractivity contribution in [3.05, 3.63) is 58.1 Å². The normalized spacial score (nSPS) is 18.2. The molecule has 0 spiro atoms. The second-order valence-corrected chi connectivity index (χ2v) is 8.76. The zero-order valence-electron chi connectivity index (χ0n) is 13.8. The zero-order chi connectivity index (χ0) is 18.0. The molecule has 5 nitrogen and oxygen atoms in total. The summed E-state index contributed by atoms with van der Waals surface area (Å²) in [7, 11) is -2.08. The third kappa shape index (κ3) is 3.36. The molecule has 0 saturated carbocycles. The first-order valence-electron chi connectivity index (χ1n) is 8.01. The topological polar surface area (TPSA) is 66.5 Å². The number of nitrogens with one attached hydrogen (secondary N) is 1. The Morgan fingerprint density at radius 1 is 1.20 bits per heavy atom. The molecule has 1 N–H and O–H groups in total. The van der Waals surface area contributed by atoms with Gasteiger partial charge in [0.15, 0.2) is 0 Å². The average Bonchev–Trinajstić information content (AvgIpc) is 2.67. The van der Waals surface area contributed by atoms with Crippen LogP contribution in [0.15, 0.2) is 51.8 Å². The van der Waals surface area contributed by atoms with E-state index in [-0.39, 0.29) is 10.9 Å². The molecular formula is C18H19BrN2O3S. The largest absolute Gasteiger partial charge is 0.306 e. The molecule has 1 heterocycles. The number of benzene rings is 2. The van der Waals surface area contributed by atoms with E-state index in [2.05, 4.69) is 21.2 Å². The predicted octanol–water partition coefficient (Wildman–Crippen LogP) is 3.25. The average molecular weight is 423 g/mol. The smallest absolute Gasteiger partial charge is 0.264 e. The number of sulfonamides is 1. The van der Waals surface area contributed by atoms with Crippen molar-refractivity contribution in [3.63, 3.8) is 0 Å². The lowest BCUT2D eigenvalue weighted by Crippen LogP contribution is -2.26. The molecule has 1 unspecified atom stereocenters. The number of nitrogens with zero attached hydrogens (tertiary/aromatic N) is 1. The molecular weight excluding hydrogens is 404 g/mol. The van der Waals surface area contributed by atoms with Gasteiger partial charge in [0, 0.05) is 17.9 Å². The van der Waals surface area contributed by atoms with Gasteiger partial charge in [-0.05, 0) is 42.3 Å². The fourth-order valence-corrected chi connectivity index (χ4v) is 5.08. The summed E-state index contributed by atoms with van der Waals surface area (Å²) >= 11 is 3.37. The SMILES string of the molecule is CN1c2ccccc2C(NCCCC=O)c2ccc(Br)cc2S1(=O)=O. The van der Waals surface area contributed by atoms with Gasteiger partial charge in [0.2, 0.25) is 0 Å². The Balaban J connectivity index is 2.17. The second kappa shape index (κ2) is 7.27. The summed E-state index contributed by atoms with van der Waals surface area (Å²) in [6, 6.07) is 12.6. The van der Waals surface area contributed by atoms with E-state index in [1.165, 1.54) is 4.31 Å². The summed E-state index contributed by atoms with van der Waals surface area (Å²) in [4.78, 5) is 10.8. The number of rotatable bonds is 5. The molecule has 0 aliphatic carbocycles. The Morgan fingerprint density at radius 2 is 1.96 bits per heavy atom. The number of fused-ring (bicyclic) bond motifs is 2. The van der Waals surface area contributed by atoms with Crippen molar-refractivity contribution < 1.29 is 13.2 Å². The minimum atomic E-state index is -3.65. The number of unbranched alkanes of at least 4 members (excludes halogenated alkanes) is 1. The van der Waals surface area contributed by atoms with Crippen molar-refractivity contribution >= 4 is 37.9 Å². The molecule has 3 rings (SSSR count). The van der Waals surface area contributed by atoms with Crippen LogP contribution in [0.3, 0.4) is 0 Å². The van der Waals surface area contributed by atoms with E-state index in [1.807, 2.05) is 36.4 Å². The van der Waals surface area contributed by atoms with Crippen LogP contribution in [0.5, 0.6) is 0 Å². The van der Waals surface area contributed by atoms with Crippen LogP contribution in [0, 0.1) is 0 Å². The van der Waals surface area contributed by atoms with Crippen molar-refractivity contribution in [3.8, 4) is 0 Å². The quantitative estimate of drug-likeness (QED) is 0.593. The zero-order valence-corrected chi connectivity index (χ0v) is 16.2. The van der Waals surface area contributed by atoms with Gasteiger partial charge in [0.05, 0.1) is 16.6 Å². The highest BCUT2D eigenvalue weighted by molar-refractivity contribution is 9.10. The van der Waals surface area contributed by atoms with Crippen molar-refractivity contribution in [2.45, 2.75) is 23.8 Å². The molecule has 1 atom stereocenters. The maximum absolute atomic E-state index is 13.1. The van der Waals surface area contributed by atoms with Crippen LogP contribution < -0.4 is 9.62 Å². The van der Waals surface area contributed by atoms with E-state index < -0.39 is 10.0 Å². The monoisotopic (exact) mass is 422 g/mol. The van der Waals surface area contributed by atoms with Crippen molar-refractivity contribution in [1.29, 1.82) is 0 Å². The van der Waals surface area contributed by atoms with Crippen LogP contribution in [0.25, 0.3) is 0 Å². The highest BCUT2D eigenvalue weighted by Crippen LogP contribution is 2.40. The molecule has 0 radical (unpaired) electrons. The number of anilines is 1. The predicted molar refractivity (Wildman–Crippen MR) is 101 cm³/mol. The molecule has 0 bridgehead atoms. The van der Waals surface area contributed by atoms with Crippen LogP contribution in [0.2, 0.25) is 0 Å². The second-order valence-electron chi connectivity index (χ2n) is 5.91. The molecule has 132 valence electrons. The minimum absolute atomic E-state index is 0.259. The third-order valence-electron chi connectivity index (χ3n) is 4.36. The first-order chi connectivity index (χ1) is 12.0. The fraction of sp³-hybridized carbons (Fsp3) is 0.278. The van der Waals surface area contributed by atoms with Gasteiger partial charge >= 0.3 is 0 Å². The summed E-state index contributed by atoms with van der Waals surface area (Å²) < 4.78 is 28.2. The highest BCUT2D eigenvalue weighted by atomic mass is 79.9. The van der Waals surface area contributed by atoms with E-state index in [1.54, 1.807) is 13.1 Å². The first-order valence-corrected chi connectivity index (χ1v) is 10.2. The highest BCUT2D eigenvalue weighted by Gasteiger charge is 2.34.